The highest BCUT2D eigenvalue weighted by molar-refractivity contribution is 5.98. The quantitative estimate of drug-likeness (QED) is 0.182. The van der Waals surface area contributed by atoms with E-state index in [1.54, 1.807) is 0 Å². The first-order chi connectivity index (χ1) is 24.8. The Morgan fingerprint density at radius 2 is 0.600 bits per heavy atom. The molecule has 0 bridgehead atoms. The van der Waals surface area contributed by atoms with E-state index < -0.39 is 0 Å². The highest BCUT2D eigenvalue weighted by Gasteiger charge is 2.15. The number of fused-ring (bicyclic) bond motifs is 2. The van der Waals surface area contributed by atoms with Crippen LogP contribution in [0.5, 0.6) is 0 Å². The molecule has 0 saturated heterocycles. The minimum Gasteiger partial charge on any atom is -0.208 e. The maximum absolute atomic E-state index is 5.14. The van der Waals surface area contributed by atoms with E-state index in [-0.39, 0.29) is 0 Å². The number of rotatable bonds is 6. The average Bonchev–Trinajstić information content (AvgIpc) is 3.21. The highest BCUT2D eigenvalue weighted by atomic mass is 15.0. The summed E-state index contributed by atoms with van der Waals surface area (Å²) in [7, 11) is 0. The van der Waals surface area contributed by atoms with Gasteiger partial charge in [0.05, 0.1) is 0 Å². The number of hydrogen-bond donors (Lipinski definition) is 0. The third-order valence-electron chi connectivity index (χ3n) is 9.33. The lowest BCUT2D eigenvalue weighted by atomic mass is 9.96. The summed E-state index contributed by atoms with van der Waals surface area (Å²) >= 11 is 0. The van der Waals surface area contributed by atoms with Crippen LogP contribution in [0.15, 0.2) is 188 Å². The molecule has 0 fully saturated rings. The summed E-state index contributed by atoms with van der Waals surface area (Å²) in [6, 6.07) is 65.8. The van der Waals surface area contributed by atoms with E-state index in [9.17, 15) is 0 Å². The van der Waals surface area contributed by atoms with E-state index >= 15 is 0 Å². The molecule has 234 valence electrons. The van der Waals surface area contributed by atoms with Gasteiger partial charge in [-0.2, -0.15) is 0 Å². The molecule has 0 saturated carbocycles. The van der Waals surface area contributed by atoms with Gasteiger partial charge in [0.1, 0.15) is 0 Å². The van der Waals surface area contributed by atoms with Crippen LogP contribution < -0.4 is 0 Å². The van der Waals surface area contributed by atoms with Crippen LogP contribution in [0.2, 0.25) is 0 Å². The summed E-state index contributed by atoms with van der Waals surface area (Å²) in [6.07, 6.45) is 0. The van der Waals surface area contributed by atoms with Crippen molar-refractivity contribution in [3.05, 3.63) is 188 Å². The van der Waals surface area contributed by atoms with E-state index in [1.807, 2.05) is 6.07 Å². The molecule has 0 amide bonds. The molecular weight excluding hydrogens is 607 g/mol. The van der Waals surface area contributed by atoms with Gasteiger partial charge in [0.2, 0.25) is 0 Å². The molecular formula is C47H31N3. The summed E-state index contributed by atoms with van der Waals surface area (Å²) in [6.45, 7) is 0. The van der Waals surface area contributed by atoms with Crippen molar-refractivity contribution in [1.82, 2.24) is 15.0 Å². The van der Waals surface area contributed by atoms with Crippen LogP contribution in [-0.2, 0) is 0 Å². The summed E-state index contributed by atoms with van der Waals surface area (Å²) in [5.41, 5.74) is 9.72. The first-order valence-corrected chi connectivity index (χ1v) is 16.9. The van der Waals surface area contributed by atoms with Gasteiger partial charge in [0.25, 0.3) is 0 Å². The second-order valence-electron chi connectivity index (χ2n) is 12.5. The fraction of sp³-hybridized carbons (Fsp3) is 0. The molecule has 0 aliphatic rings. The van der Waals surface area contributed by atoms with Crippen LogP contribution in [0, 0.1) is 0 Å². The van der Waals surface area contributed by atoms with E-state index in [4.69, 9.17) is 15.0 Å². The second kappa shape index (κ2) is 12.7. The molecule has 0 spiro atoms. The molecule has 0 unspecified atom stereocenters. The minimum atomic E-state index is 0.634. The number of hydrogen-bond acceptors (Lipinski definition) is 3. The fourth-order valence-corrected chi connectivity index (χ4v) is 6.81. The van der Waals surface area contributed by atoms with Crippen LogP contribution in [0.1, 0.15) is 0 Å². The molecule has 8 aromatic carbocycles. The maximum atomic E-state index is 5.14. The third kappa shape index (κ3) is 5.61. The Balaban J connectivity index is 1.19. The molecule has 1 aromatic heterocycles. The first kappa shape index (κ1) is 29.4. The highest BCUT2D eigenvalue weighted by Crippen LogP contribution is 2.34. The van der Waals surface area contributed by atoms with Gasteiger partial charge in [-0.1, -0.05) is 176 Å². The lowest BCUT2D eigenvalue weighted by Crippen LogP contribution is -2.00. The van der Waals surface area contributed by atoms with Crippen LogP contribution in [0.3, 0.4) is 0 Å². The standard InChI is InChI=1S/C47H31N3/c1-2-12-32(13-3-1)33-26-28-36(29-27-33)45-48-46(39-20-8-18-37(30-39)43-24-10-16-34-14-4-6-22-41(34)43)50-47(49-45)40-21-9-19-38(31-40)44-25-11-17-35-15-5-7-23-42(35)44/h1-31H. The molecule has 9 aromatic rings. The van der Waals surface area contributed by atoms with Crippen molar-refractivity contribution in [2.45, 2.75) is 0 Å². The zero-order valence-corrected chi connectivity index (χ0v) is 27.2. The maximum Gasteiger partial charge on any atom is 0.164 e. The Hall–Kier alpha value is -6.71. The molecule has 0 atom stereocenters. The molecule has 1 heterocycles. The predicted molar refractivity (Wildman–Crippen MR) is 207 cm³/mol. The molecule has 0 aliphatic carbocycles. The van der Waals surface area contributed by atoms with E-state index in [0.717, 1.165) is 33.4 Å². The van der Waals surface area contributed by atoms with E-state index in [1.165, 1.54) is 38.2 Å². The average molecular weight is 638 g/mol. The van der Waals surface area contributed by atoms with Gasteiger partial charge >= 0.3 is 0 Å². The van der Waals surface area contributed by atoms with Crippen molar-refractivity contribution >= 4 is 21.5 Å². The Labute approximate surface area is 291 Å². The van der Waals surface area contributed by atoms with E-state index in [2.05, 4.69) is 182 Å². The van der Waals surface area contributed by atoms with Crippen molar-refractivity contribution in [2.24, 2.45) is 0 Å². The van der Waals surface area contributed by atoms with Crippen molar-refractivity contribution in [2.75, 3.05) is 0 Å². The SMILES string of the molecule is c1ccc(-c2ccc(-c3nc(-c4cccc(-c5cccc6ccccc56)c4)nc(-c4cccc(-c5cccc6ccccc56)c4)n3)cc2)cc1. The van der Waals surface area contributed by atoms with Gasteiger partial charge in [-0.15, -0.1) is 0 Å². The summed E-state index contributed by atoms with van der Waals surface area (Å²) in [5, 5.41) is 4.86. The largest absolute Gasteiger partial charge is 0.208 e. The molecule has 0 N–H and O–H groups in total. The minimum absolute atomic E-state index is 0.634. The predicted octanol–water partition coefficient (Wildman–Crippen LogP) is 12.2. The molecule has 50 heavy (non-hydrogen) atoms. The molecule has 3 heteroatoms. The van der Waals surface area contributed by atoms with Crippen molar-refractivity contribution in [3.63, 3.8) is 0 Å². The third-order valence-corrected chi connectivity index (χ3v) is 9.33. The lowest BCUT2D eigenvalue weighted by molar-refractivity contribution is 1.07. The summed E-state index contributed by atoms with van der Waals surface area (Å²) in [4.78, 5) is 15.3. The summed E-state index contributed by atoms with van der Waals surface area (Å²) in [5.74, 6) is 1.90. The van der Waals surface area contributed by atoms with Crippen molar-refractivity contribution < 1.29 is 0 Å². The van der Waals surface area contributed by atoms with E-state index in [0.29, 0.717) is 17.5 Å². The fourth-order valence-electron chi connectivity index (χ4n) is 6.81. The molecule has 0 aliphatic heterocycles. The Bertz CT molecular complexity index is 2490. The van der Waals surface area contributed by atoms with Crippen LogP contribution in [-0.4, -0.2) is 15.0 Å². The lowest BCUT2D eigenvalue weighted by Gasteiger charge is -2.12. The van der Waals surface area contributed by atoms with Crippen molar-refractivity contribution in [1.29, 1.82) is 0 Å². The first-order valence-electron chi connectivity index (χ1n) is 16.9. The molecule has 9 rings (SSSR count). The van der Waals surface area contributed by atoms with Crippen LogP contribution in [0.25, 0.3) is 89.1 Å². The van der Waals surface area contributed by atoms with Crippen LogP contribution >= 0.6 is 0 Å². The number of aromatic nitrogens is 3. The number of benzene rings is 8. The molecule has 3 nitrogen and oxygen atoms in total. The normalized spacial score (nSPS) is 11.2. The van der Waals surface area contributed by atoms with Crippen LogP contribution in [0.4, 0.5) is 0 Å². The van der Waals surface area contributed by atoms with Gasteiger partial charge < -0.3 is 0 Å². The number of nitrogens with zero attached hydrogens (tertiary/aromatic N) is 3. The van der Waals surface area contributed by atoms with Gasteiger partial charge in [0.15, 0.2) is 17.5 Å². The second-order valence-corrected chi connectivity index (χ2v) is 12.5. The topological polar surface area (TPSA) is 38.7 Å². The molecule has 0 radical (unpaired) electrons. The zero-order chi connectivity index (χ0) is 33.3. The monoisotopic (exact) mass is 637 g/mol. The smallest absolute Gasteiger partial charge is 0.164 e. The Kier molecular flexibility index (Phi) is 7.49. The van der Waals surface area contributed by atoms with Gasteiger partial charge in [-0.05, 0) is 67.1 Å². The Morgan fingerprint density at radius 1 is 0.240 bits per heavy atom. The summed E-state index contributed by atoms with van der Waals surface area (Å²) < 4.78 is 0. The van der Waals surface area contributed by atoms with Gasteiger partial charge in [-0.25, -0.2) is 15.0 Å². The zero-order valence-electron chi connectivity index (χ0n) is 27.2. The Morgan fingerprint density at radius 3 is 1.14 bits per heavy atom. The van der Waals surface area contributed by atoms with Gasteiger partial charge in [0, 0.05) is 16.7 Å². The van der Waals surface area contributed by atoms with Gasteiger partial charge in [-0.3, -0.25) is 0 Å². The van der Waals surface area contributed by atoms with Crippen molar-refractivity contribution in [3.8, 4) is 67.5 Å².